The van der Waals surface area contributed by atoms with Gasteiger partial charge < -0.3 is 19.4 Å². The van der Waals surface area contributed by atoms with Crippen LogP contribution in [0.5, 0.6) is 5.75 Å². The highest BCUT2D eigenvalue weighted by Crippen LogP contribution is 2.25. The van der Waals surface area contributed by atoms with Gasteiger partial charge in [0.2, 0.25) is 5.91 Å². The van der Waals surface area contributed by atoms with Crippen LogP contribution >= 0.6 is 11.8 Å². The molecule has 1 saturated heterocycles. The molecule has 1 aromatic carbocycles. The molecule has 0 atom stereocenters. The molecule has 3 heterocycles. The fraction of sp³-hybridized carbons (Fsp3) is 0.350. The fourth-order valence-electron chi connectivity index (χ4n) is 3.31. The number of benzene rings is 1. The highest BCUT2D eigenvalue weighted by Gasteiger charge is 2.20. The Bertz CT molecular complexity index is 1170. The Labute approximate surface area is 186 Å². The van der Waals surface area contributed by atoms with Gasteiger partial charge in [-0.25, -0.2) is 4.79 Å². The molecular weight excluding hydrogens is 436 g/mol. The smallest absolute Gasteiger partial charge is 0.325 e. The molecule has 1 amide bonds. The number of H-pyrrole nitrogens is 2. The normalized spacial score (nSPS) is 13.8. The van der Waals surface area contributed by atoms with Crippen LogP contribution in [0.25, 0.3) is 5.69 Å². The van der Waals surface area contributed by atoms with E-state index < -0.39 is 11.2 Å². The SMILES string of the molecule is COc1ccc(-n2c(Cc3cc(=O)[nH]c(=O)[nH]3)nnc2SCC(=O)N2CCOCC2)cc1. The third-order valence-electron chi connectivity index (χ3n) is 4.88. The van der Waals surface area contributed by atoms with Crippen molar-refractivity contribution in [3.63, 3.8) is 0 Å². The zero-order valence-corrected chi connectivity index (χ0v) is 18.2. The minimum Gasteiger partial charge on any atom is -0.497 e. The van der Waals surface area contributed by atoms with E-state index in [1.54, 1.807) is 16.6 Å². The summed E-state index contributed by atoms with van der Waals surface area (Å²) in [5.41, 5.74) is 0.0832. The maximum atomic E-state index is 12.6. The number of amides is 1. The topological polar surface area (TPSA) is 135 Å². The molecule has 0 radical (unpaired) electrons. The van der Waals surface area contributed by atoms with E-state index in [1.165, 1.54) is 17.8 Å². The predicted octanol–water partition coefficient (Wildman–Crippen LogP) is 0.194. The van der Waals surface area contributed by atoms with Crippen LogP contribution in [0.4, 0.5) is 0 Å². The van der Waals surface area contributed by atoms with Gasteiger partial charge >= 0.3 is 5.69 Å². The number of morpholine rings is 1. The number of nitrogens with one attached hydrogen (secondary N) is 2. The Morgan fingerprint density at radius 2 is 1.91 bits per heavy atom. The third kappa shape index (κ3) is 5.08. The van der Waals surface area contributed by atoms with E-state index in [2.05, 4.69) is 20.2 Å². The minimum absolute atomic E-state index is 0.00283. The number of hydrogen-bond acceptors (Lipinski definition) is 8. The lowest BCUT2D eigenvalue weighted by atomic mass is 10.2. The average Bonchev–Trinajstić information content (AvgIpc) is 3.19. The molecule has 3 aromatic rings. The summed E-state index contributed by atoms with van der Waals surface area (Å²) in [6, 6.07) is 8.62. The van der Waals surface area contributed by atoms with Crippen LogP contribution in [-0.4, -0.2) is 74.7 Å². The summed E-state index contributed by atoms with van der Waals surface area (Å²) in [4.78, 5) is 42.4. The number of aromatic amines is 2. The molecule has 32 heavy (non-hydrogen) atoms. The summed E-state index contributed by atoms with van der Waals surface area (Å²) >= 11 is 1.28. The van der Waals surface area contributed by atoms with Crippen molar-refractivity contribution in [1.82, 2.24) is 29.6 Å². The number of carbonyl (C=O) groups excluding carboxylic acids is 1. The van der Waals surface area contributed by atoms with Gasteiger partial charge in [-0.05, 0) is 24.3 Å². The van der Waals surface area contributed by atoms with Crippen LogP contribution in [0.1, 0.15) is 11.5 Å². The average molecular weight is 459 g/mol. The number of carbonyl (C=O) groups is 1. The quantitative estimate of drug-likeness (QED) is 0.479. The number of nitrogens with zero attached hydrogens (tertiary/aromatic N) is 4. The van der Waals surface area contributed by atoms with Crippen LogP contribution in [0.3, 0.4) is 0 Å². The van der Waals surface area contributed by atoms with E-state index in [0.717, 1.165) is 5.69 Å². The zero-order valence-electron chi connectivity index (χ0n) is 17.4. The van der Waals surface area contributed by atoms with Crippen molar-refractivity contribution in [3.8, 4) is 11.4 Å². The maximum Gasteiger partial charge on any atom is 0.325 e. The molecule has 1 aliphatic heterocycles. The van der Waals surface area contributed by atoms with Crippen molar-refractivity contribution in [2.45, 2.75) is 11.6 Å². The van der Waals surface area contributed by atoms with Gasteiger partial charge in [0.15, 0.2) is 5.16 Å². The standard InChI is InChI=1S/C20H22N6O5S/c1-30-15-4-2-14(3-5-15)26-16(10-13-11-17(27)22-19(29)21-13)23-24-20(26)32-12-18(28)25-6-8-31-9-7-25/h2-5,11H,6-10,12H2,1H3,(H2,21,22,27,29). The molecule has 168 valence electrons. The number of thioether (sulfide) groups is 1. The molecule has 2 N–H and O–H groups in total. The molecule has 4 rings (SSSR count). The molecular formula is C20H22N6O5S. The van der Waals surface area contributed by atoms with Gasteiger partial charge in [-0.15, -0.1) is 10.2 Å². The minimum atomic E-state index is -0.589. The first-order valence-electron chi connectivity index (χ1n) is 9.93. The Morgan fingerprint density at radius 3 is 2.59 bits per heavy atom. The Kier molecular flexibility index (Phi) is 6.71. The predicted molar refractivity (Wildman–Crippen MR) is 117 cm³/mol. The van der Waals surface area contributed by atoms with E-state index in [-0.39, 0.29) is 18.1 Å². The molecule has 0 aliphatic carbocycles. The Balaban J connectivity index is 1.62. The summed E-state index contributed by atoms with van der Waals surface area (Å²) in [7, 11) is 1.58. The molecule has 0 saturated carbocycles. The summed E-state index contributed by atoms with van der Waals surface area (Å²) in [6.07, 6.45) is 0.177. The molecule has 12 heteroatoms. The first kappa shape index (κ1) is 21.8. The van der Waals surface area contributed by atoms with Crippen LogP contribution in [0.15, 0.2) is 45.1 Å². The van der Waals surface area contributed by atoms with Gasteiger partial charge in [0.1, 0.15) is 11.6 Å². The van der Waals surface area contributed by atoms with Crippen LogP contribution < -0.4 is 16.0 Å². The summed E-state index contributed by atoms with van der Waals surface area (Å²) < 4.78 is 12.3. The van der Waals surface area contributed by atoms with Crippen molar-refractivity contribution in [1.29, 1.82) is 0 Å². The molecule has 0 bridgehead atoms. The van der Waals surface area contributed by atoms with E-state index in [1.807, 2.05) is 24.3 Å². The van der Waals surface area contributed by atoms with Crippen molar-refractivity contribution >= 4 is 17.7 Å². The van der Waals surface area contributed by atoms with Crippen LogP contribution in [0.2, 0.25) is 0 Å². The van der Waals surface area contributed by atoms with Crippen molar-refractivity contribution in [2.24, 2.45) is 0 Å². The fourth-order valence-corrected chi connectivity index (χ4v) is 4.19. The first-order valence-corrected chi connectivity index (χ1v) is 10.9. The molecule has 2 aromatic heterocycles. The Hall–Kier alpha value is -3.38. The highest BCUT2D eigenvalue weighted by molar-refractivity contribution is 7.99. The molecule has 0 unspecified atom stereocenters. The number of rotatable bonds is 7. The molecule has 1 fully saturated rings. The van der Waals surface area contributed by atoms with E-state index in [4.69, 9.17) is 9.47 Å². The largest absolute Gasteiger partial charge is 0.497 e. The van der Waals surface area contributed by atoms with E-state index in [0.29, 0.717) is 48.7 Å². The molecule has 1 aliphatic rings. The lowest BCUT2D eigenvalue weighted by Crippen LogP contribution is -2.41. The van der Waals surface area contributed by atoms with Crippen LogP contribution in [0, 0.1) is 0 Å². The second kappa shape index (κ2) is 9.83. The maximum absolute atomic E-state index is 12.6. The summed E-state index contributed by atoms with van der Waals surface area (Å²) in [6.45, 7) is 2.23. The number of methoxy groups -OCH3 is 1. The lowest BCUT2D eigenvalue weighted by Gasteiger charge is -2.26. The molecule has 11 nitrogen and oxygen atoms in total. The van der Waals surface area contributed by atoms with Crippen molar-refractivity contribution < 1.29 is 14.3 Å². The summed E-state index contributed by atoms with van der Waals surface area (Å²) in [5, 5.41) is 9.05. The van der Waals surface area contributed by atoms with Crippen LogP contribution in [-0.2, 0) is 16.0 Å². The van der Waals surface area contributed by atoms with Gasteiger partial charge in [-0.3, -0.25) is 19.1 Å². The second-order valence-electron chi connectivity index (χ2n) is 7.00. The monoisotopic (exact) mass is 458 g/mol. The first-order chi connectivity index (χ1) is 15.5. The number of hydrogen-bond donors (Lipinski definition) is 2. The lowest BCUT2D eigenvalue weighted by molar-refractivity contribution is -0.132. The summed E-state index contributed by atoms with van der Waals surface area (Å²) in [5.74, 6) is 1.41. The zero-order chi connectivity index (χ0) is 22.5. The van der Waals surface area contributed by atoms with Gasteiger partial charge in [0, 0.05) is 37.0 Å². The highest BCUT2D eigenvalue weighted by atomic mass is 32.2. The van der Waals surface area contributed by atoms with Gasteiger partial charge in [-0.2, -0.15) is 0 Å². The van der Waals surface area contributed by atoms with Gasteiger partial charge in [-0.1, -0.05) is 11.8 Å². The Morgan fingerprint density at radius 1 is 1.16 bits per heavy atom. The van der Waals surface area contributed by atoms with E-state index >= 15 is 0 Å². The van der Waals surface area contributed by atoms with E-state index in [9.17, 15) is 14.4 Å². The number of aromatic nitrogens is 5. The van der Waals surface area contributed by atoms with Crippen molar-refractivity contribution in [2.75, 3.05) is 39.2 Å². The van der Waals surface area contributed by atoms with Crippen molar-refractivity contribution in [3.05, 3.63) is 62.7 Å². The third-order valence-corrected chi connectivity index (χ3v) is 5.80. The number of ether oxygens (including phenoxy) is 2. The second-order valence-corrected chi connectivity index (χ2v) is 7.95. The van der Waals surface area contributed by atoms with Gasteiger partial charge in [0.05, 0.1) is 26.1 Å². The van der Waals surface area contributed by atoms with Gasteiger partial charge in [0.25, 0.3) is 5.56 Å². The molecule has 0 spiro atoms.